The number of para-hydroxylation sites is 6. The summed E-state index contributed by atoms with van der Waals surface area (Å²) in [6.07, 6.45) is 0. The molecule has 3 heterocycles. The summed E-state index contributed by atoms with van der Waals surface area (Å²) in [5, 5.41) is 7.57. The number of benzene rings is 13. The first kappa shape index (κ1) is 47.1. The number of anilines is 3. The molecule has 384 valence electrons. The van der Waals surface area contributed by atoms with Crippen molar-refractivity contribution in [2.45, 2.75) is 0 Å². The van der Waals surface area contributed by atoms with E-state index in [-0.39, 0.29) is 0 Å². The van der Waals surface area contributed by atoms with Crippen molar-refractivity contribution < 1.29 is 0 Å². The van der Waals surface area contributed by atoms with Gasteiger partial charge in [0.15, 0.2) is 0 Å². The number of nitrogens with zero attached hydrogens (tertiary/aromatic N) is 4. The van der Waals surface area contributed by atoms with Crippen molar-refractivity contribution in [2.24, 2.45) is 0 Å². The second kappa shape index (κ2) is 19.5. The molecule has 0 fully saturated rings. The molecule has 0 radical (unpaired) electrons. The highest BCUT2D eigenvalue weighted by Crippen LogP contribution is 2.41. The Morgan fingerprint density at radius 2 is 0.402 bits per heavy atom. The van der Waals surface area contributed by atoms with E-state index in [1.165, 1.54) is 93.2 Å². The van der Waals surface area contributed by atoms with Crippen LogP contribution in [0.4, 0.5) is 17.1 Å². The average Bonchev–Trinajstić information content (AvgIpc) is 4.40. The van der Waals surface area contributed by atoms with E-state index < -0.39 is 0 Å². The van der Waals surface area contributed by atoms with Crippen molar-refractivity contribution >= 4 is 82.5 Å². The first-order valence-corrected chi connectivity index (χ1v) is 28.1. The zero-order valence-corrected chi connectivity index (χ0v) is 44.8. The third-order valence-corrected chi connectivity index (χ3v) is 16.7. The zero-order chi connectivity index (χ0) is 54.1. The van der Waals surface area contributed by atoms with Gasteiger partial charge in [-0.05, 0) is 154 Å². The molecule has 0 N–H and O–H groups in total. The average molecular weight is 1050 g/mol. The Labute approximate surface area is 475 Å². The van der Waals surface area contributed by atoms with Crippen molar-refractivity contribution in [3.8, 4) is 61.6 Å². The lowest BCUT2D eigenvalue weighted by atomic mass is 9.99. The minimum atomic E-state index is 1.08. The number of hydrogen-bond acceptors (Lipinski definition) is 1. The summed E-state index contributed by atoms with van der Waals surface area (Å²) >= 11 is 0. The van der Waals surface area contributed by atoms with Crippen molar-refractivity contribution in [1.82, 2.24) is 13.7 Å². The lowest BCUT2D eigenvalue weighted by Crippen LogP contribution is -2.09. The molecule has 0 bridgehead atoms. The Balaban J connectivity index is 0.716. The van der Waals surface area contributed by atoms with Crippen LogP contribution in [0.3, 0.4) is 0 Å². The van der Waals surface area contributed by atoms with Crippen LogP contribution in [0.15, 0.2) is 315 Å². The molecule has 0 unspecified atom stereocenters. The van der Waals surface area contributed by atoms with Crippen LogP contribution in [0.2, 0.25) is 0 Å². The molecule has 0 aliphatic rings. The highest BCUT2D eigenvalue weighted by atomic mass is 15.1. The molecule has 0 aliphatic heterocycles. The van der Waals surface area contributed by atoms with Crippen molar-refractivity contribution in [1.29, 1.82) is 0 Å². The number of fused-ring (bicyclic) bond motifs is 9. The molecule has 0 saturated heterocycles. The van der Waals surface area contributed by atoms with Gasteiger partial charge in [-0.3, -0.25) is 0 Å². The van der Waals surface area contributed by atoms with Gasteiger partial charge in [0.25, 0.3) is 0 Å². The summed E-state index contributed by atoms with van der Waals surface area (Å²) < 4.78 is 7.13. The van der Waals surface area contributed by atoms with E-state index in [0.717, 1.165) is 50.8 Å². The zero-order valence-electron chi connectivity index (χ0n) is 44.8. The summed E-state index contributed by atoms with van der Waals surface area (Å²) in [4.78, 5) is 2.36. The largest absolute Gasteiger partial charge is 0.311 e. The molecule has 13 aromatic carbocycles. The quantitative estimate of drug-likeness (QED) is 0.133. The summed E-state index contributed by atoms with van der Waals surface area (Å²) in [7, 11) is 0. The Morgan fingerprint density at radius 1 is 0.171 bits per heavy atom. The van der Waals surface area contributed by atoms with Crippen LogP contribution in [-0.4, -0.2) is 13.7 Å². The van der Waals surface area contributed by atoms with Crippen LogP contribution in [-0.2, 0) is 0 Å². The van der Waals surface area contributed by atoms with E-state index in [4.69, 9.17) is 0 Å². The Kier molecular flexibility index (Phi) is 11.2. The van der Waals surface area contributed by atoms with E-state index in [1.807, 2.05) is 0 Å². The second-order valence-corrected chi connectivity index (χ2v) is 21.3. The first-order chi connectivity index (χ1) is 40.7. The molecule has 0 atom stereocenters. The van der Waals surface area contributed by atoms with Crippen LogP contribution >= 0.6 is 0 Å². The Bertz CT molecular complexity index is 4720. The van der Waals surface area contributed by atoms with Gasteiger partial charge in [-0.25, -0.2) is 0 Å². The SMILES string of the molecule is c1ccc(-n2c3ccccc3c3ccc(-c4ccc(-c5ccc(N(c6ccc(-c7ccc(-n8c9ccccc9c9ccccc98)cc7)cc6)c6ccc(-c7ccc(-n8c9ccccc9c9ccccc98)cc7)cc6)cc5)cc4)cc32)cc1. The lowest BCUT2D eigenvalue weighted by molar-refractivity contribution is 1.18. The van der Waals surface area contributed by atoms with E-state index in [1.54, 1.807) is 0 Å². The van der Waals surface area contributed by atoms with E-state index in [2.05, 4.69) is 334 Å². The molecule has 0 spiro atoms. The maximum Gasteiger partial charge on any atom is 0.0547 e. The van der Waals surface area contributed by atoms with Crippen LogP contribution in [0.25, 0.3) is 127 Å². The van der Waals surface area contributed by atoms with Crippen molar-refractivity contribution in [3.05, 3.63) is 315 Å². The lowest BCUT2D eigenvalue weighted by Gasteiger charge is -2.26. The van der Waals surface area contributed by atoms with Crippen molar-refractivity contribution in [3.63, 3.8) is 0 Å². The molecular weight excluding hydrogens is 993 g/mol. The number of hydrogen-bond donors (Lipinski definition) is 0. The van der Waals surface area contributed by atoms with Crippen LogP contribution in [0, 0.1) is 0 Å². The maximum absolute atomic E-state index is 2.38. The minimum absolute atomic E-state index is 1.08. The highest BCUT2D eigenvalue weighted by Gasteiger charge is 2.18. The van der Waals surface area contributed by atoms with Gasteiger partial charge in [0.2, 0.25) is 0 Å². The van der Waals surface area contributed by atoms with E-state index >= 15 is 0 Å². The predicted octanol–water partition coefficient (Wildman–Crippen LogP) is 21.1. The summed E-state index contributed by atoms with van der Waals surface area (Å²) in [6.45, 7) is 0. The summed E-state index contributed by atoms with van der Waals surface area (Å²) in [5.41, 5.74) is 23.3. The van der Waals surface area contributed by atoms with Crippen LogP contribution in [0.5, 0.6) is 0 Å². The summed E-state index contributed by atoms with van der Waals surface area (Å²) in [6, 6.07) is 115. The first-order valence-electron chi connectivity index (χ1n) is 28.1. The van der Waals surface area contributed by atoms with Crippen LogP contribution < -0.4 is 4.90 Å². The number of aromatic nitrogens is 3. The fraction of sp³-hybridized carbons (Fsp3) is 0. The highest BCUT2D eigenvalue weighted by molar-refractivity contribution is 6.12. The van der Waals surface area contributed by atoms with E-state index in [9.17, 15) is 0 Å². The van der Waals surface area contributed by atoms with Gasteiger partial charge in [0.05, 0.1) is 33.1 Å². The maximum atomic E-state index is 2.38. The standard InChI is InChI=1S/C78H52N4/c1-2-14-61(15-3-1)82-77-25-13-8-20-71(77)72-51-40-60(52-78(72)82)59-28-26-53(27-29-59)54-30-41-62(42-31-54)79(63-43-32-55(33-44-63)57-36-47-65(48-37-57)80-73-21-9-4-16-67(73)68-17-5-10-22-74(68)80)64-45-34-56(35-46-64)58-38-49-66(50-39-58)81-75-23-11-6-18-69(75)70-19-7-12-24-76(70)81/h1-52H. The van der Waals surface area contributed by atoms with Gasteiger partial charge < -0.3 is 18.6 Å². The van der Waals surface area contributed by atoms with Crippen molar-refractivity contribution in [2.75, 3.05) is 4.90 Å². The second-order valence-electron chi connectivity index (χ2n) is 21.3. The molecule has 4 heteroatoms. The molecule has 0 saturated carbocycles. The van der Waals surface area contributed by atoms with Gasteiger partial charge in [0, 0.05) is 66.4 Å². The van der Waals surface area contributed by atoms with E-state index in [0.29, 0.717) is 0 Å². The Morgan fingerprint density at radius 3 is 0.744 bits per heavy atom. The topological polar surface area (TPSA) is 18.0 Å². The monoisotopic (exact) mass is 1040 g/mol. The fourth-order valence-corrected chi connectivity index (χ4v) is 12.7. The van der Waals surface area contributed by atoms with Gasteiger partial charge in [-0.15, -0.1) is 0 Å². The molecule has 4 nitrogen and oxygen atoms in total. The fourth-order valence-electron chi connectivity index (χ4n) is 12.7. The van der Waals surface area contributed by atoms with Gasteiger partial charge >= 0.3 is 0 Å². The molecular formula is C78H52N4. The van der Waals surface area contributed by atoms with Gasteiger partial charge in [-0.1, -0.05) is 206 Å². The van der Waals surface area contributed by atoms with Crippen LogP contribution in [0.1, 0.15) is 0 Å². The number of rotatable bonds is 10. The Hall–Kier alpha value is -10.9. The molecule has 82 heavy (non-hydrogen) atoms. The molecule has 0 aliphatic carbocycles. The van der Waals surface area contributed by atoms with Gasteiger partial charge in [0.1, 0.15) is 0 Å². The molecule has 16 aromatic rings. The van der Waals surface area contributed by atoms with Gasteiger partial charge in [-0.2, -0.15) is 0 Å². The molecule has 0 amide bonds. The molecule has 3 aromatic heterocycles. The minimum Gasteiger partial charge on any atom is -0.311 e. The smallest absolute Gasteiger partial charge is 0.0547 e. The summed E-state index contributed by atoms with van der Waals surface area (Å²) in [5.74, 6) is 0. The third kappa shape index (κ3) is 7.91. The predicted molar refractivity (Wildman–Crippen MR) is 346 cm³/mol. The third-order valence-electron chi connectivity index (χ3n) is 16.7. The normalized spacial score (nSPS) is 11.7. The molecule has 16 rings (SSSR count).